The van der Waals surface area contributed by atoms with Gasteiger partial charge in [-0.2, -0.15) is 0 Å². The molecule has 0 aromatic carbocycles. The summed E-state index contributed by atoms with van der Waals surface area (Å²) in [5.74, 6) is 1.96. The molecule has 4 heteroatoms. The molecule has 0 saturated heterocycles. The summed E-state index contributed by atoms with van der Waals surface area (Å²) >= 11 is 0. The summed E-state index contributed by atoms with van der Waals surface area (Å²) in [5, 5.41) is 32.8. The van der Waals surface area contributed by atoms with E-state index < -0.39 is 17.8 Å². The average molecular weight is 403 g/mol. The molecule has 29 heavy (non-hydrogen) atoms. The third kappa shape index (κ3) is 2.71. The summed E-state index contributed by atoms with van der Waals surface area (Å²) in [6, 6.07) is 0. The molecule has 5 aliphatic carbocycles. The Balaban J connectivity index is 1.50. The Bertz CT molecular complexity index is 741. The maximum Gasteiger partial charge on any atom is 0.159 e. The second-order valence-electron chi connectivity index (χ2n) is 11.8. The first-order valence-electron chi connectivity index (χ1n) is 11.9. The van der Waals surface area contributed by atoms with E-state index in [0.717, 1.165) is 37.2 Å². The Kier molecular flexibility index (Phi) is 4.46. The number of rotatable bonds is 3. The Hall–Kier alpha value is -0.710. The van der Waals surface area contributed by atoms with Crippen LogP contribution in [0.3, 0.4) is 0 Å². The van der Waals surface area contributed by atoms with Gasteiger partial charge in [-0.3, -0.25) is 4.79 Å². The molecule has 0 radical (unpaired) electrons. The summed E-state index contributed by atoms with van der Waals surface area (Å²) in [6.45, 7) is 6.78. The van der Waals surface area contributed by atoms with Gasteiger partial charge in [-0.1, -0.05) is 33.6 Å². The lowest BCUT2D eigenvalue weighted by Gasteiger charge is -2.60. The van der Waals surface area contributed by atoms with Crippen LogP contribution in [0.4, 0.5) is 0 Å². The van der Waals surface area contributed by atoms with Crippen molar-refractivity contribution in [3.63, 3.8) is 0 Å². The van der Waals surface area contributed by atoms with Gasteiger partial charge in [0.15, 0.2) is 5.78 Å². The summed E-state index contributed by atoms with van der Waals surface area (Å²) in [5.41, 5.74) is -0.475. The zero-order valence-corrected chi connectivity index (χ0v) is 18.2. The molecule has 5 aliphatic rings. The van der Waals surface area contributed by atoms with Gasteiger partial charge >= 0.3 is 0 Å². The van der Waals surface area contributed by atoms with Crippen LogP contribution in [0.1, 0.15) is 78.6 Å². The summed E-state index contributed by atoms with van der Waals surface area (Å²) in [6.07, 6.45) is 8.74. The monoisotopic (exact) mass is 402 g/mol. The molecule has 0 bridgehead atoms. The van der Waals surface area contributed by atoms with Crippen molar-refractivity contribution in [3.05, 3.63) is 11.6 Å². The number of aliphatic hydroxyl groups excluding tert-OH is 2. The van der Waals surface area contributed by atoms with Gasteiger partial charge in [-0.25, -0.2) is 0 Å². The van der Waals surface area contributed by atoms with Crippen molar-refractivity contribution in [2.24, 2.45) is 40.4 Å². The van der Waals surface area contributed by atoms with Crippen LogP contribution in [0.5, 0.6) is 0 Å². The molecule has 4 saturated carbocycles. The molecule has 4 fully saturated rings. The van der Waals surface area contributed by atoms with Crippen LogP contribution in [-0.4, -0.2) is 38.9 Å². The normalized spacial score (nSPS) is 53.0. The minimum atomic E-state index is -0.900. The van der Waals surface area contributed by atoms with Crippen molar-refractivity contribution < 1.29 is 20.1 Å². The smallest absolute Gasteiger partial charge is 0.159 e. The Morgan fingerprint density at radius 1 is 1.07 bits per heavy atom. The van der Waals surface area contributed by atoms with Crippen LogP contribution in [0, 0.1) is 40.4 Å². The zero-order chi connectivity index (χ0) is 20.8. The molecule has 3 N–H and O–H groups in total. The predicted octanol–water partition coefficient (Wildman–Crippen LogP) is 3.63. The van der Waals surface area contributed by atoms with Gasteiger partial charge in [0, 0.05) is 11.3 Å². The zero-order valence-electron chi connectivity index (χ0n) is 18.2. The molecule has 0 amide bonds. The van der Waals surface area contributed by atoms with Crippen molar-refractivity contribution in [2.45, 2.75) is 96.4 Å². The van der Waals surface area contributed by atoms with Crippen LogP contribution in [0.25, 0.3) is 0 Å². The molecule has 2 unspecified atom stereocenters. The van der Waals surface area contributed by atoms with E-state index in [2.05, 4.69) is 20.8 Å². The largest absolute Gasteiger partial charge is 0.390 e. The van der Waals surface area contributed by atoms with Crippen LogP contribution in [0.2, 0.25) is 0 Å². The summed E-state index contributed by atoms with van der Waals surface area (Å²) < 4.78 is 0. The maximum absolute atomic E-state index is 13.2. The molecule has 5 rings (SSSR count). The number of hydrogen-bond donors (Lipinski definition) is 3. The number of fused-ring (bicyclic) bond motifs is 5. The van der Waals surface area contributed by atoms with Crippen LogP contribution in [-0.2, 0) is 4.79 Å². The number of ketones is 1. The van der Waals surface area contributed by atoms with Gasteiger partial charge in [0.2, 0.25) is 0 Å². The Morgan fingerprint density at radius 2 is 1.79 bits per heavy atom. The molecular weight excluding hydrogens is 364 g/mol. The molecule has 0 aromatic rings. The summed E-state index contributed by atoms with van der Waals surface area (Å²) in [7, 11) is 0. The molecule has 0 aliphatic heterocycles. The fourth-order valence-corrected chi connectivity index (χ4v) is 8.37. The highest BCUT2D eigenvalue weighted by molar-refractivity contribution is 5.95. The number of carbonyl (C=O) groups excluding carboxylic acids is 1. The quantitative estimate of drug-likeness (QED) is 0.674. The standard InChI is InChI=1S/C25H38O4/c1-14(10-15-4-5-15)16-7-9-25(29)18-11-20(26)19-12-21(27)22(28)13-23(19,2)17(18)6-8-24(16,25)3/h11,14-17,19,21-22,27-29H,4-10,12-13H2,1-3H3/t14?,16-,17?,19+,21-,22+,23-,24-,25-/m1/s1. The van der Waals surface area contributed by atoms with E-state index in [1.54, 1.807) is 6.08 Å². The highest BCUT2D eigenvalue weighted by atomic mass is 16.3. The van der Waals surface area contributed by atoms with Crippen molar-refractivity contribution in [2.75, 3.05) is 0 Å². The van der Waals surface area contributed by atoms with E-state index in [1.165, 1.54) is 19.3 Å². The van der Waals surface area contributed by atoms with Crippen LogP contribution >= 0.6 is 0 Å². The first kappa shape index (κ1) is 20.2. The van der Waals surface area contributed by atoms with E-state index in [4.69, 9.17) is 0 Å². The van der Waals surface area contributed by atoms with E-state index in [-0.39, 0.29) is 28.4 Å². The first-order valence-corrected chi connectivity index (χ1v) is 11.9. The second kappa shape index (κ2) is 6.40. The maximum atomic E-state index is 13.2. The van der Waals surface area contributed by atoms with Crippen LogP contribution < -0.4 is 0 Å². The topological polar surface area (TPSA) is 77.8 Å². The van der Waals surface area contributed by atoms with Crippen LogP contribution in [0.15, 0.2) is 11.6 Å². The van der Waals surface area contributed by atoms with E-state index in [0.29, 0.717) is 24.7 Å². The lowest BCUT2D eigenvalue weighted by atomic mass is 9.46. The summed E-state index contributed by atoms with van der Waals surface area (Å²) in [4.78, 5) is 13.2. The number of carbonyl (C=O) groups is 1. The third-order valence-corrected chi connectivity index (χ3v) is 10.3. The predicted molar refractivity (Wildman–Crippen MR) is 111 cm³/mol. The van der Waals surface area contributed by atoms with Crippen molar-refractivity contribution in [1.82, 2.24) is 0 Å². The first-order chi connectivity index (χ1) is 13.6. The van der Waals surface area contributed by atoms with Gasteiger partial charge in [0.1, 0.15) is 0 Å². The highest BCUT2D eigenvalue weighted by Crippen LogP contribution is 2.68. The van der Waals surface area contributed by atoms with Crippen molar-refractivity contribution >= 4 is 5.78 Å². The molecule has 162 valence electrons. The van der Waals surface area contributed by atoms with Gasteiger partial charge in [0.05, 0.1) is 17.8 Å². The fourth-order valence-electron chi connectivity index (χ4n) is 8.37. The van der Waals surface area contributed by atoms with Gasteiger partial charge < -0.3 is 15.3 Å². The third-order valence-electron chi connectivity index (χ3n) is 10.3. The minimum Gasteiger partial charge on any atom is -0.390 e. The van der Waals surface area contributed by atoms with Crippen molar-refractivity contribution in [1.29, 1.82) is 0 Å². The average Bonchev–Trinajstić information content (AvgIpc) is 3.40. The molecule has 9 atom stereocenters. The molecule has 0 aromatic heterocycles. The van der Waals surface area contributed by atoms with Gasteiger partial charge in [0.25, 0.3) is 0 Å². The molecule has 4 nitrogen and oxygen atoms in total. The van der Waals surface area contributed by atoms with E-state index in [1.807, 2.05) is 0 Å². The number of aliphatic hydroxyl groups is 3. The minimum absolute atomic E-state index is 0.0526. The molecule has 0 spiro atoms. The molecule has 0 heterocycles. The lowest BCUT2D eigenvalue weighted by Crippen LogP contribution is -2.60. The number of allylic oxidation sites excluding steroid dienone is 1. The van der Waals surface area contributed by atoms with E-state index in [9.17, 15) is 20.1 Å². The highest BCUT2D eigenvalue weighted by Gasteiger charge is 2.66. The Labute approximate surface area is 174 Å². The van der Waals surface area contributed by atoms with Crippen molar-refractivity contribution in [3.8, 4) is 0 Å². The van der Waals surface area contributed by atoms with Gasteiger partial charge in [-0.05, 0) is 85.7 Å². The molecular formula is C25H38O4. The second-order valence-corrected chi connectivity index (χ2v) is 11.8. The van der Waals surface area contributed by atoms with Gasteiger partial charge in [-0.15, -0.1) is 0 Å². The lowest BCUT2D eigenvalue weighted by molar-refractivity contribution is -0.153. The fraction of sp³-hybridized carbons (Fsp3) is 0.880. The Morgan fingerprint density at radius 3 is 2.48 bits per heavy atom. The van der Waals surface area contributed by atoms with E-state index >= 15 is 0 Å². The SMILES string of the molecule is CC(CC1CC1)[C@H]1CC[C@@]2(O)C3=CC(=O)[C@@H]4C[C@@H](O)[C@@H](O)C[C@]4(C)C3CC[C@]12C. The number of hydrogen-bond acceptors (Lipinski definition) is 4.